The molecule has 1 aliphatic heterocycles. The van der Waals surface area contributed by atoms with Gasteiger partial charge in [-0.05, 0) is 75.1 Å². The van der Waals surface area contributed by atoms with E-state index in [1.54, 1.807) is 7.11 Å². The first kappa shape index (κ1) is 28.1. The molecule has 0 spiro atoms. The normalized spacial score (nSPS) is 16.4. The van der Waals surface area contributed by atoms with Gasteiger partial charge in [0.2, 0.25) is 11.2 Å². The van der Waals surface area contributed by atoms with Crippen LogP contribution in [0.25, 0.3) is 27.7 Å². The molecule has 0 aliphatic carbocycles. The van der Waals surface area contributed by atoms with Crippen molar-refractivity contribution in [3.05, 3.63) is 83.1 Å². The summed E-state index contributed by atoms with van der Waals surface area (Å²) >= 11 is 0. The standard InChI is InChI=1S/C35H46NO2/c1-8-11-12-15-28-22-25(4)34-30(24-28)33-19-18-29-16-13-14-17-32(29)36(33)35(9-2,10-3)31(34)20-21-38-27(6)23-26(5)37-7/h13-14,16-20,22-24,27H,8-12,15,21H2,1-7H3/q+1. The summed E-state index contributed by atoms with van der Waals surface area (Å²) in [6, 6.07) is 18.4. The van der Waals surface area contributed by atoms with Crippen LogP contribution >= 0.6 is 0 Å². The summed E-state index contributed by atoms with van der Waals surface area (Å²) in [6.07, 6.45) is 11.3. The molecular weight excluding hydrogens is 466 g/mol. The van der Waals surface area contributed by atoms with Gasteiger partial charge >= 0.3 is 0 Å². The van der Waals surface area contributed by atoms with Crippen LogP contribution in [0, 0.1) is 6.92 Å². The lowest BCUT2D eigenvalue weighted by atomic mass is 9.72. The highest BCUT2D eigenvalue weighted by Crippen LogP contribution is 2.47. The average Bonchev–Trinajstić information content (AvgIpc) is 2.93. The predicted octanol–water partition coefficient (Wildman–Crippen LogP) is 8.70. The summed E-state index contributed by atoms with van der Waals surface area (Å²) in [7, 11) is 1.70. The number of ether oxygens (including phenoxy) is 2. The van der Waals surface area contributed by atoms with Crippen molar-refractivity contribution >= 4 is 16.5 Å². The molecule has 3 nitrogen and oxygen atoms in total. The Morgan fingerprint density at radius 2 is 1.79 bits per heavy atom. The van der Waals surface area contributed by atoms with Crippen LogP contribution in [0.5, 0.6) is 0 Å². The number of fused-ring (bicyclic) bond motifs is 5. The van der Waals surface area contributed by atoms with Crippen molar-refractivity contribution in [2.45, 2.75) is 91.7 Å². The molecule has 2 aromatic carbocycles. The van der Waals surface area contributed by atoms with Gasteiger partial charge in [0.25, 0.3) is 0 Å². The van der Waals surface area contributed by atoms with Gasteiger partial charge in [-0.1, -0.05) is 51.8 Å². The maximum atomic E-state index is 6.28. The lowest BCUT2D eigenvalue weighted by molar-refractivity contribution is -0.718. The number of nitrogens with zero attached hydrogens (tertiary/aromatic N) is 1. The Morgan fingerprint density at radius 3 is 2.50 bits per heavy atom. The molecule has 0 bridgehead atoms. The number of aromatic nitrogens is 1. The number of rotatable bonds is 11. The number of para-hydroxylation sites is 1. The van der Waals surface area contributed by atoms with Crippen molar-refractivity contribution in [2.24, 2.45) is 0 Å². The van der Waals surface area contributed by atoms with Crippen molar-refractivity contribution in [3.8, 4) is 11.3 Å². The molecule has 0 amide bonds. The smallest absolute Gasteiger partial charge is 0.214 e. The van der Waals surface area contributed by atoms with E-state index in [1.165, 1.54) is 63.7 Å². The topological polar surface area (TPSA) is 22.3 Å². The van der Waals surface area contributed by atoms with Crippen LogP contribution in [0.1, 0.15) is 83.4 Å². The lowest BCUT2D eigenvalue weighted by Gasteiger charge is -2.37. The van der Waals surface area contributed by atoms with Crippen LogP contribution < -0.4 is 4.57 Å². The maximum absolute atomic E-state index is 6.28. The highest BCUT2D eigenvalue weighted by molar-refractivity contribution is 5.88. The Morgan fingerprint density at radius 1 is 1.03 bits per heavy atom. The van der Waals surface area contributed by atoms with E-state index in [0.29, 0.717) is 6.61 Å². The van der Waals surface area contributed by atoms with Gasteiger partial charge in [0.1, 0.15) is 0 Å². The molecule has 4 rings (SSSR count). The largest absolute Gasteiger partial charge is 0.502 e. The van der Waals surface area contributed by atoms with Crippen LogP contribution in [0.15, 0.2) is 66.4 Å². The van der Waals surface area contributed by atoms with Gasteiger partial charge in [-0.25, -0.2) is 0 Å². The third-order valence-electron chi connectivity index (χ3n) is 8.39. The summed E-state index contributed by atoms with van der Waals surface area (Å²) in [6.45, 7) is 13.9. The highest BCUT2D eigenvalue weighted by atomic mass is 16.5. The molecule has 1 aromatic heterocycles. The van der Waals surface area contributed by atoms with Crippen LogP contribution in [-0.4, -0.2) is 19.8 Å². The Kier molecular flexibility index (Phi) is 9.10. The molecule has 0 saturated carbocycles. The maximum Gasteiger partial charge on any atom is 0.214 e. The predicted molar refractivity (Wildman–Crippen MR) is 160 cm³/mol. The van der Waals surface area contributed by atoms with Crippen LogP contribution in [0.3, 0.4) is 0 Å². The van der Waals surface area contributed by atoms with E-state index in [-0.39, 0.29) is 11.6 Å². The van der Waals surface area contributed by atoms with Crippen molar-refractivity contribution in [1.82, 2.24) is 0 Å². The van der Waals surface area contributed by atoms with Crippen LogP contribution in [0.4, 0.5) is 0 Å². The number of benzene rings is 2. The van der Waals surface area contributed by atoms with E-state index in [4.69, 9.17) is 9.47 Å². The fraction of sp³-hybridized carbons (Fsp3) is 0.457. The van der Waals surface area contributed by atoms with E-state index >= 15 is 0 Å². The number of unbranched alkanes of at least 4 members (excludes halogenated alkanes) is 2. The Hall–Kier alpha value is -2.91. The Balaban J connectivity index is 1.93. The number of methoxy groups -OCH3 is 1. The van der Waals surface area contributed by atoms with E-state index in [1.807, 2.05) is 13.0 Å². The Bertz CT molecular complexity index is 1330. The minimum absolute atomic E-state index is 0.0182. The molecule has 0 fully saturated rings. The van der Waals surface area contributed by atoms with Gasteiger partial charge < -0.3 is 9.47 Å². The monoisotopic (exact) mass is 512 g/mol. The third kappa shape index (κ3) is 5.31. The number of pyridine rings is 1. The molecule has 3 aromatic rings. The zero-order valence-electron chi connectivity index (χ0n) is 24.6. The summed E-state index contributed by atoms with van der Waals surface area (Å²) in [4.78, 5) is 0. The van der Waals surface area contributed by atoms with Crippen molar-refractivity contribution in [3.63, 3.8) is 0 Å². The van der Waals surface area contributed by atoms with Gasteiger partial charge in [-0.3, -0.25) is 0 Å². The van der Waals surface area contributed by atoms with Crippen molar-refractivity contribution in [2.75, 3.05) is 13.7 Å². The van der Waals surface area contributed by atoms with Gasteiger partial charge in [0.05, 0.1) is 31.1 Å². The molecule has 0 saturated heterocycles. The minimum atomic E-state index is -0.150. The van der Waals surface area contributed by atoms with Gasteiger partial charge in [0, 0.05) is 41.5 Å². The second-order valence-corrected chi connectivity index (χ2v) is 10.8. The van der Waals surface area contributed by atoms with Crippen molar-refractivity contribution < 1.29 is 14.0 Å². The molecule has 0 N–H and O–H groups in total. The molecular formula is C35H46NO2+. The van der Waals surface area contributed by atoms with Crippen molar-refractivity contribution in [1.29, 1.82) is 0 Å². The summed E-state index contributed by atoms with van der Waals surface area (Å²) in [5, 5.41) is 1.28. The summed E-state index contributed by atoms with van der Waals surface area (Å²) in [5.41, 5.74) is 9.43. The second kappa shape index (κ2) is 12.3. The van der Waals surface area contributed by atoms with E-state index < -0.39 is 0 Å². The molecule has 202 valence electrons. The molecule has 1 unspecified atom stereocenters. The molecule has 1 atom stereocenters. The van der Waals surface area contributed by atoms with E-state index in [2.05, 4.69) is 93.8 Å². The third-order valence-corrected chi connectivity index (χ3v) is 8.39. The second-order valence-electron chi connectivity index (χ2n) is 10.8. The first-order valence-corrected chi connectivity index (χ1v) is 14.5. The molecule has 1 aliphatic rings. The quantitative estimate of drug-likeness (QED) is 0.146. The zero-order valence-corrected chi connectivity index (χ0v) is 24.6. The van der Waals surface area contributed by atoms with Crippen LogP contribution in [-0.2, 0) is 21.4 Å². The minimum Gasteiger partial charge on any atom is -0.502 e. The first-order valence-electron chi connectivity index (χ1n) is 14.5. The fourth-order valence-corrected chi connectivity index (χ4v) is 6.34. The van der Waals surface area contributed by atoms with Gasteiger partial charge in [0.15, 0.2) is 5.54 Å². The number of aryl methyl sites for hydroxylation is 2. The van der Waals surface area contributed by atoms with E-state index in [9.17, 15) is 0 Å². The number of hydrogen-bond acceptors (Lipinski definition) is 2. The van der Waals surface area contributed by atoms with Gasteiger partial charge in [-0.2, -0.15) is 4.57 Å². The highest BCUT2D eigenvalue weighted by Gasteiger charge is 2.49. The molecule has 3 heteroatoms. The molecule has 38 heavy (non-hydrogen) atoms. The summed E-state index contributed by atoms with van der Waals surface area (Å²) in [5.74, 6) is 0.882. The van der Waals surface area contributed by atoms with Gasteiger partial charge in [-0.15, -0.1) is 0 Å². The van der Waals surface area contributed by atoms with Crippen LogP contribution in [0.2, 0.25) is 0 Å². The molecule has 0 radical (unpaired) electrons. The average molecular weight is 513 g/mol. The summed E-state index contributed by atoms with van der Waals surface area (Å²) < 4.78 is 14.3. The lowest BCUT2D eigenvalue weighted by Crippen LogP contribution is -2.60. The Labute approximate surface area is 230 Å². The number of hydrogen-bond donors (Lipinski definition) is 0. The SMILES string of the molecule is CCCCCc1cc(C)c2c(c1)-c1ccc3ccccc3[n+]1C(CC)(CC)C2=CCOC(C)C=C(C)OC. The first-order chi connectivity index (χ1) is 18.4. The van der Waals surface area contributed by atoms with E-state index in [0.717, 1.165) is 25.0 Å². The molecule has 2 heterocycles. The fourth-order valence-electron chi connectivity index (χ4n) is 6.34. The number of allylic oxidation sites excluding steroid dienone is 2. The zero-order chi connectivity index (χ0) is 27.3.